The van der Waals surface area contributed by atoms with Crippen molar-refractivity contribution in [3.05, 3.63) is 118 Å². The Labute approximate surface area is 241 Å². The molecule has 0 saturated carbocycles. The van der Waals surface area contributed by atoms with Crippen molar-refractivity contribution in [2.75, 3.05) is 4.90 Å². The predicted octanol–water partition coefficient (Wildman–Crippen LogP) is 7.44. The molecule has 0 N–H and O–H groups in total. The first-order valence-corrected chi connectivity index (χ1v) is 14.8. The fourth-order valence-electron chi connectivity index (χ4n) is 4.43. The molecule has 0 spiro atoms. The third-order valence-electron chi connectivity index (χ3n) is 6.50. The van der Waals surface area contributed by atoms with Gasteiger partial charge in [-0.15, -0.1) is 11.3 Å². The zero-order valence-electron chi connectivity index (χ0n) is 22.1. The average molecular weight is 569 g/mol. The summed E-state index contributed by atoms with van der Waals surface area (Å²) in [5, 5.41) is 2.55. The third-order valence-corrected chi connectivity index (χ3v) is 8.37. The number of thioether (sulfide) groups is 1. The minimum Gasteiger partial charge on any atom is -0.484 e. The number of amidine groups is 1. The van der Waals surface area contributed by atoms with Crippen molar-refractivity contribution in [2.24, 2.45) is 4.99 Å². The molecule has 0 aliphatic carbocycles. The molecule has 2 aliphatic rings. The molecule has 1 amide bonds. The number of thiophene rings is 1. The van der Waals surface area contributed by atoms with Crippen LogP contribution >= 0.6 is 23.1 Å². The molecule has 3 heterocycles. The molecular formula is C32H28N2O4S2. The van der Waals surface area contributed by atoms with Crippen molar-refractivity contribution in [3.8, 4) is 11.5 Å². The number of benzene rings is 3. The fraction of sp³-hybridized carbons (Fsp3) is 0.188. The van der Waals surface area contributed by atoms with Crippen molar-refractivity contribution in [3.63, 3.8) is 0 Å². The largest absolute Gasteiger partial charge is 0.484 e. The van der Waals surface area contributed by atoms with Crippen molar-refractivity contribution in [1.82, 2.24) is 0 Å². The van der Waals surface area contributed by atoms with Crippen LogP contribution in [-0.2, 0) is 9.53 Å². The quantitative estimate of drug-likeness (QED) is 0.217. The highest BCUT2D eigenvalue weighted by Gasteiger charge is 2.42. The summed E-state index contributed by atoms with van der Waals surface area (Å²) in [6.07, 6.45) is 1.39. The van der Waals surface area contributed by atoms with E-state index in [2.05, 4.69) is 0 Å². The van der Waals surface area contributed by atoms with Crippen molar-refractivity contribution < 1.29 is 19.0 Å². The monoisotopic (exact) mass is 568 g/mol. The Morgan fingerprint density at radius 2 is 1.57 bits per heavy atom. The zero-order chi connectivity index (χ0) is 27.5. The van der Waals surface area contributed by atoms with Gasteiger partial charge in [0.15, 0.2) is 11.3 Å². The Morgan fingerprint density at radius 1 is 0.900 bits per heavy atom. The lowest BCUT2D eigenvalue weighted by atomic mass is 10.2. The fourth-order valence-corrected chi connectivity index (χ4v) is 6.21. The highest BCUT2D eigenvalue weighted by Crippen LogP contribution is 2.38. The summed E-state index contributed by atoms with van der Waals surface area (Å²) in [4.78, 5) is 20.9. The van der Waals surface area contributed by atoms with Gasteiger partial charge in [0.2, 0.25) is 6.29 Å². The number of hydrogen-bond donors (Lipinski definition) is 0. The Balaban J connectivity index is 1.26. The number of anilines is 1. The van der Waals surface area contributed by atoms with E-state index in [1.807, 2.05) is 116 Å². The van der Waals surface area contributed by atoms with Gasteiger partial charge in [-0.25, -0.2) is 4.99 Å². The molecule has 6 nitrogen and oxygen atoms in total. The van der Waals surface area contributed by atoms with Crippen LogP contribution in [0.1, 0.15) is 22.4 Å². The van der Waals surface area contributed by atoms with Gasteiger partial charge in [-0.3, -0.25) is 9.69 Å². The summed E-state index contributed by atoms with van der Waals surface area (Å²) < 4.78 is 19.0. The van der Waals surface area contributed by atoms with E-state index in [-0.39, 0.29) is 17.4 Å². The Kier molecular flexibility index (Phi) is 7.73. The molecule has 0 bridgehead atoms. The van der Waals surface area contributed by atoms with E-state index in [1.165, 1.54) is 11.8 Å². The number of rotatable bonds is 7. The van der Waals surface area contributed by atoms with Gasteiger partial charge in [-0.05, 0) is 67.8 Å². The van der Waals surface area contributed by atoms with Crippen LogP contribution in [0.15, 0.2) is 107 Å². The second-order valence-corrected chi connectivity index (χ2v) is 11.7. The first kappa shape index (κ1) is 26.4. The Morgan fingerprint density at radius 3 is 2.23 bits per heavy atom. The molecule has 8 heteroatoms. The maximum atomic E-state index is 13.5. The van der Waals surface area contributed by atoms with Crippen LogP contribution in [0.3, 0.4) is 0 Å². The van der Waals surface area contributed by atoms with E-state index < -0.39 is 6.29 Å². The topological polar surface area (TPSA) is 60.4 Å². The van der Waals surface area contributed by atoms with Crippen molar-refractivity contribution >= 4 is 45.9 Å². The number of hydrogen-bond acceptors (Lipinski definition) is 7. The molecule has 40 heavy (non-hydrogen) atoms. The van der Waals surface area contributed by atoms with Gasteiger partial charge in [-0.1, -0.05) is 71.4 Å². The van der Waals surface area contributed by atoms with E-state index in [9.17, 15) is 4.79 Å². The number of aliphatic imine (C=N–C) groups is 1. The number of ether oxygens (including phenoxy) is 3. The van der Waals surface area contributed by atoms with Gasteiger partial charge in [0, 0.05) is 11.3 Å². The minimum absolute atomic E-state index is 0.167. The average Bonchev–Trinajstić information content (AvgIpc) is 3.68. The van der Waals surface area contributed by atoms with E-state index in [4.69, 9.17) is 19.2 Å². The molecule has 1 aromatic heterocycles. The van der Waals surface area contributed by atoms with E-state index in [0.29, 0.717) is 23.0 Å². The number of amides is 1. The van der Waals surface area contributed by atoms with Gasteiger partial charge in [0.05, 0.1) is 5.69 Å². The van der Waals surface area contributed by atoms with Crippen molar-refractivity contribution in [1.29, 1.82) is 0 Å². The Hall–Kier alpha value is -3.85. The van der Waals surface area contributed by atoms with Crippen LogP contribution in [-0.4, -0.2) is 28.9 Å². The lowest BCUT2D eigenvalue weighted by Gasteiger charge is -2.21. The molecule has 202 valence electrons. The van der Waals surface area contributed by atoms with Crippen LogP contribution in [0.5, 0.6) is 11.5 Å². The number of aryl methyl sites for hydroxylation is 2. The summed E-state index contributed by atoms with van der Waals surface area (Å²) in [5.41, 5.74) is 3.12. The molecule has 1 fully saturated rings. The van der Waals surface area contributed by atoms with Crippen LogP contribution < -0.4 is 14.4 Å². The standard InChI is InChI=1S/C32H28N2O4S2/c1-21-10-14-24(15-11-21)36-28-20-29(38-31(28)37-25-16-12-22(2)13-17-25)40-32-33-27(19-26-9-6-18-39-26)30(35)34(32)23-7-4-3-5-8-23/h3-19,28-29,31H,20H2,1-2H3/b27-19+/t28-,29+,31-/m1/s1. The molecule has 6 rings (SSSR count). The number of para-hydroxylation sites is 1. The molecule has 3 aromatic carbocycles. The minimum atomic E-state index is -0.634. The number of carbonyl (C=O) groups is 1. The molecule has 3 atom stereocenters. The second-order valence-electron chi connectivity index (χ2n) is 9.60. The van der Waals surface area contributed by atoms with Gasteiger partial charge < -0.3 is 14.2 Å². The van der Waals surface area contributed by atoms with Gasteiger partial charge in [-0.2, -0.15) is 0 Å². The van der Waals surface area contributed by atoms with E-state index >= 15 is 0 Å². The van der Waals surface area contributed by atoms with Gasteiger partial charge >= 0.3 is 0 Å². The number of carbonyl (C=O) groups excluding carboxylic acids is 1. The SMILES string of the molecule is Cc1ccc(O[C@@H]2O[C@@H](SC3=N/C(=C/c4cccs4)C(=O)N3c3ccccc3)C[C@H]2Oc2ccc(C)cc2)cc1. The molecule has 1 saturated heterocycles. The molecule has 0 radical (unpaired) electrons. The lowest BCUT2D eigenvalue weighted by Crippen LogP contribution is -2.32. The van der Waals surface area contributed by atoms with Crippen LogP contribution in [0.4, 0.5) is 5.69 Å². The summed E-state index contributed by atoms with van der Waals surface area (Å²) in [5.74, 6) is 1.29. The highest BCUT2D eigenvalue weighted by molar-refractivity contribution is 8.14. The highest BCUT2D eigenvalue weighted by atomic mass is 32.2. The summed E-state index contributed by atoms with van der Waals surface area (Å²) in [6, 6.07) is 29.3. The summed E-state index contributed by atoms with van der Waals surface area (Å²) in [6.45, 7) is 4.08. The molecule has 0 unspecified atom stereocenters. The predicted molar refractivity (Wildman–Crippen MR) is 162 cm³/mol. The molecular weight excluding hydrogens is 540 g/mol. The zero-order valence-corrected chi connectivity index (χ0v) is 23.7. The first-order chi connectivity index (χ1) is 19.5. The maximum Gasteiger partial charge on any atom is 0.283 e. The van der Waals surface area contributed by atoms with Crippen LogP contribution in [0.2, 0.25) is 0 Å². The maximum absolute atomic E-state index is 13.5. The summed E-state index contributed by atoms with van der Waals surface area (Å²) in [7, 11) is 0. The first-order valence-electron chi connectivity index (χ1n) is 13.0. The van der Waals surface area contributed by atoms with Gasteiger partial charge in [0.25, 0.3) is 5.91 Å². The van der Waals surface area contributed by atoms with E-state index in [0.717, 1.165) is 27.4 Å². The van der Waals surface area contributed by atoms with E-state index in [1.54, 1.807) is 16.2 Å². The van der Waals surface area contributed by atoms with Crippen LogP contribution in [0.25, 0.3) is 6.08 Å². The molecule has 2 aliphatic heterocycles. The molecule has 4 aromatic rings. The smallest absolute Gasteiger partial charge is 0.283 e. The normalized spacial score (nSPS) is 21.6. The summed E-state index contributed by atoms with van der Waals surface area (Å²) >= 11 is 2.97. The Bertz CT molecular complexity index is 1460. The second kappa shape index (κ2) is 11.7. The van der Waals surface area contributed by atoms with Gasteiger partial charge in [0.1, 0.15) is 22.6 Å². The number of nitrogens with zero attached hydrogens (tertiary/aromatic N) is 2. The van der Waals surface area contributed by atoms with Crippen molar-refractivity contribution in [2.45, 2.75) is 38.1 Å². The third kappa shape index (κ3) is 5.99. The van der Waals surface area contributed by atoms with Crippen LogP contribution in [0, 0.1) is 13.8 Å². The lowest BCUT2D eigenvalue weighted by molar-refractivity contribution is -0.113.